The van der Waals surface area contributed by atoms with Crippen molar-refractivity contribution in [2.75, 3.05) is 5.32 Å². The van der Waals surface area contributed by atoms with Crippen LogP contribution in [0.5, 0.6) is 0 Å². The number of nitrogens with two attached hydrogens (primary N) is 1. The first-order valence-electron chi connectivity index (χ1n) is 5.84. The molecular weight excluding hydrogens is 285 g/mol. The SMILES string of the molecule is CCn1cnnc1CNc1ccc(S(N)(=O)=O)cc1F. The van der Waals surface area contributed by atoms with E-state index in [1.807, 2.05) is 11.5 Å². The van der Waals surface area contributed by atoms with Crippen molar-refractivity contribution >= 4 is 15.7 Å². The summed E-state index contributed by atoms with van der Waals surface area (Å²) in [5.41, 5.74) is 0.169. The number of hydrogen-bond acceptors (Lipinski definition) is 5. The van der Waals surface area contributed by atoms with Crippen molar-refractivity contribution in [2.45, 2.75) is 24.9 Å². The van der Waals surface area contributed by atoms with Gasteiger partial charge in [-0.15, -0.1) is 10.2 Å². The molecule has 0 saturated carbocycles. The fraction of sp³-hybridized carbons (Fsp3) is 0.273. The fourth-order valence-electron chi connectivity index (χ4n) is 1.67. The first-order chi connectivity index (χ1) is 9.41. The summed E-state index contributed by atoms with van der Waals surface area (Å²) >= 11 is 0. The highest BCUT2D eigenvalue weighted by Crippen LogP contribution is 2.18. The van der Waals surface area contributed by atoms with Crippen LogP contribution in [0.2, 0.25) is 0 Å². The Balaban J connectivity index is 2.15. The second kappa shape index (κ2) is 5.55. The Morgan fingerprint density at radius 3 is 2.80 bits per heavy atom. The average molecular weight is 299 g/mol. The lowest BCUT2D eigenvalue weighted by molar-refractivity contribution is 0.592. The quantitative estimate of drug-likeness (QED) is 0.845. The number of nitrogens with zero attached hydrogens (tertiary/aromatic N) is 3. The number of hydrogen-bond donors (Lipinski definition) is 2. The molecule has 7 nitrogen and oxygen atoms in total. The highest BCUT2D eigenvalue weighted by Gasteiger charge is 2.12. The van der Waals surface area contributed by atoms with E-state index in [-0.39, 0.29) is 17.1 Å². The molecule has 3 N–H and O–H groups in total. The molecule has 0 spiro atoms. The Morgan fingerprint density at radius 1 is 1.45 bits per heavy atom. The van der Waals surface area contributed by atoms with E-state index in [2.05, 4.69) is 15.5 Å². The predicted molar refractivity (Wildman–Crippen MR) is 70.8 cm³/mol. The van der Waals surface area contributed by atoms with Gasteiger partial charge < -0.3 is 9.88 Å². The molecule has 1 aromatic carbocycles. The summed E-state index contributed by atoms with van der Waals surface area (Å²) in [6, 6.07) is 3.44. The third kappa shape index (κ3) is 3.11. The number of nitrogens with one attached hydrogen (secondary N) is 1. The molecule has 0 unspecified atom stereocenters. The summed E-state index contributed by atoms with van der Waals surface area (Å²) < 4.78 is 37.8. The third-order valence-electron chi connectivity index (χ3n) is 2.74. The van der Waals surface area contributed by atoms with Crippen molar-refractivity contribution in [3.63, 3.8) is 0 Å². The lowest BCUT2D eigenvalue weighted by Crippen LogP contribution is -2.13. The van der Waals surface area contributed by atoms with Gasteiger partial charge in [-0.05, 0) is 25.1 Å². The lowest BCUT2D eigenvalue weighted by Gasteiger charge is -2.09. The van der Waals surface area contributed by atoms with Crippen LogP contribution < -0.4 is 10.5 Å². The van der Waals surface area contributed by atoms with Gasteiger partial charge in [0.25, 0.3) is 0 Å². The first-order valence-corrected chi connectivity index (χ1v) is 7.39. The van der Waals surface area contributed by atoms with Crippen LogP contribution in [0.4, 0.5) is 10.1 Å². The van der Waals surface area contributed by atoms with Gasteiger partial charge >= 0.3 is 0 Å². The maximum absolute atomic E-state index is 13.8. The van der Waals surface area contributed by atoms with E-state index >= 15 is 0 Å². The van der Waals surface area contributed by atoms with Crippen molar-refractivity contribution in [3.05, 3.63) is 36.2 Å². The van der Waals surface area contributed by atoms with E-state index in [1.165, 1.54) is 12.1 Å². The number of anilines is 1. The van der Waals surface area contributed by atoms with Gasteiger partial charge in [-0.3, -0.25) is 0 Å². The van der Waals surface area contributed by atoms with Gasteiger partial charge in [0.15, 0.2) is 5.82 Å². The second-order valence-corrected chi connectivity index (χ2v) is 5.63. The van der Waals surface area contributed by atoms with Crippen molar-refractivity contribution in [2.24, 2.45) is 5.14 Å². The molecule has 0 aliphatic carbocycles. The summed E-state index contributed by atoms with van der Waals surface area (Å²) in [5, 5.41) is 15.4. The number of sulfonamides is 1. The van der Waals surface area contributed by atoms with Gasteiger partial charge in [0, 0.05) is 6.54 Å². The minimum atomic E-state index is -3.91. The summed E-state index contributed by atoms with van der Waals surface area (Å²) in [6.45, 7) is 2.92. The lowest BCUT2D eigenvalue weighted by atomic mass is 10.3. The molecule has 0 saturated heterocycles. The van der Waals surface area contributed by atoms with Crippen molar-refractivity contribution in [3.8, 4) is 0 Å². The molecule has 0 fully saturated rings. The molecule has 1 aromatic heterocycles. The van der Waals surface area contributed by atoms with Crippen molar-refractivity contribution < 1.29 is 12.8 Å². The molecule has 0 bridgehead atoms. The third-order valence-corrected chi connectivity index (χ3v) is 3.65. The van der Waals surface area contributed by atoms with Gasteiger partial charge in [-0.25, -0.2) is 17.9 Å². The zero-order valence-electron chi connectivity index (χ0n) is 10.7. The maximum Gasteiger partial charge on any atom is 0.238 e. The molecule has 0 amide bonds. The van der Waals surface area contributed by atoms with Crippen molar-refractivity contribution in [1.82, 2.24) is 14.8 Å². The Bertz CT molecular complexity index is 713. The zero-order valence-corrected chi connectivity index (χ0v) is 11.6. The highest BCUT2D eigenvalue weighted by molar-refractivity contribution is 7.89. The van der Waals surface area contributed by atoms with Crippen LogP contribution in [-0.4, -0.2) is 23.2 Å². The summed E-state index contributed by atoms with van der Waals surface area (Å²) in [7, 11) is -3.91. The van der Waals surface area contributed by atoms with Crippen LogP contribution in [0.1, 0.15) is 12.7 Å². The Labute approximate surface area is 115 Å². The number of rotatable bonds is 5. The van der Waals surface area contributed by atoms with Gasteiger partial charge in [0.05, 0.1) is 17.1 Å². The maximum atomic E-state index is 13.8. The van der Waals surface area contributed by atoms with Crippen molar-refractivity contribution in [1.29, 1.82) is 0 Å². The Hall–Kier alpha value is -2.00. The molecule has 0 radical (unpaired) electrons. The summed E-state index contributed by atoms with van der Waals surface area (Å²) in [5.74, 6) is -0.0403. The normalized spacial score (nSPS) is 11.6. The molecule has 9 heteroatoms. The molecule has 20 heavy (non-hydrogen) atoms. The van der Waals surface area contributed by atoms with Crippen LogP contribution in [-0.2, 0) is 23.1 Å². The van der Waals surface area contributed by atoms with Gasteiger partial charge in [0.1, 0.15) is 12.1 Å². The largest absolute Gasteiger partial charge is 0.375 e. The van der Waals surface area contributed by atoms with E-state index in [4.69, 9.17) is 5.14 Å². The van der Waals surface area contributed by atoms with Gasteiger partial charge in [0.2, 0.25) is 10.0 Å². The minimum absolute atomic E-state index is 0.169. The van der Waals surface area contributed by atoms with E-state index in [0.717, 1.165) is 6.07 Å². The molecular formula is C11H14FN5O2S. The standard InChI is InChI=1S/C11H14FN5O2S/c1-2-17-7-15-16-11(17)6-14-10-4-3-8(5-9(10)12)20(13,18)19/h3-5,7,14H,2,6H2,1H3,(H2,13,18,19). The highest BCUT2D eigenvalue weighted by atomic mass is 32.2. The molecule has 2 rings (SSSR count). The second-order valence-electron chi connectivity index (χ2n) is 4.07. The molecule has 0 aliphatic rings. The number of halogens is 1. The van der Waals surface area contributed by atoms with Crippen LogP contribution in [0.3, 0.4) is 0 Å². The molecule has 108 valence electrons. The number of primary sulfonamides is 1. The van der Waals surface area contributed by atoms with Crippen LogP contribution in [0.15, 0.2) is 29.4 Å². The Morgan fingerprint density at radius 2 is 2.20 bits per heavy atom. The van der Waals surface area contributed by atoms with Crippen LogP contribution in [0.25, 0.3) is 0 Å². The first kappa shape index (κ1) is 14.4. The predicted octanol–water partition coefficient (Wildman–Crippen LogP) is 0.697. The molecule has 0 atom stereocenters. The molecule has 2 aromatic rings. The topological polar surface area (TPSA) is 103 Å². The fourth-order valence-corrected chi connectivity index (χ4v) is 2.20. The summed E-state index contributed by atoms with van der Waals surface area (Å²) in [4.78, 5) is -0.266. The number of aromatic nitrogens is 3. The zero-order chi connectivity index (χ0) is 14.8. The van der Waals surface area contributed by atoms with E-state index in [0.29, 0.717) is 12.4 Å². The number of benzene rings is 1. The molecule has 1 heterocycles. The van der Waals surface area contributed by atoms with Gasteiger partial charge in [-0.2, -0.15) is 0 Å². The van der Waals surface area contributed by atoms with Gasteiger partial charge in [-0.1, -0.05) is 0 Å². The van der Waals surface area contributed by atoms with Crippen LogP contribution >= 0.6 is 0 Å². The minimum Gasteiger partial charge on any atom is -0.375 e. The molecule has 0 aliphatic heterocycles. The van der Waals surface area contributed by atoms with E-state index in [9.17, 15) is 12.8 Å². The van der Waals surface area contributed by atoms with Crippen LogP contribution in [0, 0.1) is 5.82 Å². The monoisotopic (exact) mass is 299 g/mol. The average Bonchev–Trinajstić information content (AvgIpc) is 2.83. The number of aryl methyl sites for hydroxylation is 1. The smallest absolute Gasteiger partial charge is 0.238 e. The summed E-state index contributed by atoms with van der Waals surface area (Å²) in [6.07, 6.45) is 1.58. The van der Waals surface area contributed by atoms with E-state index in [1.54, 1.807) is 6.33 Å². The Kier molecular flexibility index (Phi) is 4.00. The van der Waals surface area contributed by atoms with E-state index < -0.39 is 15.8 Å².